The van der Waals surface area contributed by atoms with E-state index < -0.39 is 4.92 Å². The van der Waals surface area contributed by atoms with Crippen LogP contribution in [0.2, 0.25) is 0 Å². The summed E-state index contributed by atoms with van der Waals surface area (Å²) in [5, 5.41) is 14.3. The van der Waals surface area contributed by atoms with E-state index in [2.05, 4.69) is 5.10 Å². The van der Waals surface area contributed by atoms with Crippen LogP contribution in [0.15, 0.2) is 36.5 Å². The van der Waals surface area contributed by atoms with Crippen molar-refractivity contribution >= 4 is 5.82 Å². The lowest BCUT2D eigenvalue weighted by atomic mass is 10.3. The van der Waals surface area contributed by atoms with Crippen LogP contribution in [0.25, 0.3) is 5.69 Å². The molecule has 0 saturated heterocycles. The first kappa shape index (κ1) is 10.2. The van der Waals surface area contributed by atoms with Crippen molar-refractivity contribution < 1.29 is 9.66 Å². The lowest BCUT2D eigenvalue weighted by Crippen LogP contribution is -1.96. The van der Waals surface area contributed by atoms with Crippen molar-refractivity contribution in [3.63, 3.8) is 0 Å². The van der Waals surface area contributed by atoms with Crippen molar-refractivity contribution in [3.05, 3.63) is 46.6 Å². The van der Waals surface area contributed by atoms with Crippen molar-refractivity contribution in [3.8, 4) is 11.4 Å². The third kappa shape index (κ3) is 1.85. The zero-order valence-electron chi connectivity index (χ0n) is 8.53. The summed E-state index contributed by atoms with van der Waals surface area (Å²) in [6, 6.07) is 8.43. The van der Waals surface area contributed by atoms with Gasteiger partial charge in [-0.3, -0.25) is 0 Å². The number of hydrogen-bond acceptors (Lipinski definition) is 4. The third-order valence-corrected chi connectivity index (χ3v) is 2.10. The average Bonchev–Trinajstić information content (AvgIpc) is 2.78. The van der Waals surface area contributed by atoms with Gasteiger partial charge in [0, 0.05) is 0 Å². The largest absolute Gasteiger partial charge is 0.497 e. The van der Waals surface area contributed by atoms with Gasteiger partial charge in [0.2, 0.25) is 0 Å². The van der Waals surface area contributed by atoms with E-state index in [1.807, 2.05) is 0 Å². The molecule has 6 heteroatoms. The predicted molar refractivity (Wildman–Crippen MR) is 56.8 cm³/mol. The summed E-state index contributed by atoms with van der Waals surface area (Å²) in [7, 11) is 1.58. The van der Waals surface area contributed by atoms with Gasteiger partial charge in [-0.1, -0.05) is 0 Å². The molecule has 2 rings (SSSR count). The molecule has 0 spiro atoms. The molecule has 0 N–H and O–H groups in total. The maximum atomic E-state index is 10.5. The molecule has 0 radical (unpaired) electrons. The second kappa shape index (κ2) is 4.01. The zero-order chi connectivity index (χ0) is 11.5. The van der Waals surface area contributed by atoms with E-state index in [9.17, 15) is 10.1 Å². The molecule has 1 heterocycles. The van der Waals surface area contributed by atoms with Crippen LogP contribution >= 0.6 is 0 Å². The molecule has 0 aliphatic rings. The Bertz CT molecular complexity index is 504. The fourth-order valence-corrected chi connectivity index (χ4v) is 1.29. The van der Waals surface area contributed by atoms with E-state index in [1.165, 1.54) is 10.7 Å². The molecule has 1 aromatic heterocycles. The summed E-state index contributed by atoms with van der Waals surface area (Å²) in [4.78, 5) is 9.93. The molecule has 0 bridgehead atoms. The summed E-state index contributed by atoms with van der Waals surface area (Å²) < 4.78 is 6.45. The highest BCUT2D eigenvalue weighted by Gasteiger charge is 2.11. The molecule has 0 saturated carbocycles. The van der Waals surface area contributed by atoms with Crippen LogP contribution < -0.4 is 4.74 Å². The highest BCUT2D eigenvalue weighted by atomic mass is 16.6. The molecule has 0 fully saturated rings. The number of nitrogens with zero attached hydrogens (tertiary/aromatic N) is 3. The maximum Gasteiger partial charge on any atom is 0.390 e. The van der Waals surface area contributed by atoms with E-state index in [1.54, 1.807) is 37.6 Å². The molecule has 16 heavy (non-hydrogen) atoms. The van der Waals surface area contributed by atoms with Crippen LogP contribution in [0.1, 0.15) is 0 Å². The van der Waals surface area contributed by atoms with Gasteiger partial charge in [-0.05, 0) is 29.2 Å². The smallest absolute Gasteiger partial charge is 0.390 e. The van der Waals surface area contributed by atoms with Gasteiger partial charge >= 0.3 is 5.82 Å². The van der Waals surface area contributed by atoms with E-state index >= 15 is 0 Å². The van der Waals surface area contributed by atoms with Gasteiger partial charge in [-0.15, -0.1) is 4.68 Å². The standard InChI is InChI=1S/C10H9N3O3/c1-16-9-4-2-8(3-5-9)12-7-6-10(11-12)13(14)15/h2-7H,1H3. The van der Waals surface area contributed by atoms with Crippen molar-refractivity contribution in [2.24, 2.45) is 0 Å². The second-order valence-electron chi connectivity index (χ2n) is 3.07. The number of benzene rings is 1. The average molecular weight is 219 g/mol. The van der Waals surface area contributed by atoms with E-state index in [0.717, 1.165) is 11.4 Å². The Hall–Kier alpha value is -2.37. The van der Waals surface area contributed by atoms with Gasteiger partial charge < -0.3 is 14.9 Å². The maximum absolute atomic E-state index is 10.5. The van der Waals surface area contributed by atoms with Crippen molar-refractivity contribution in [2.45, 2.75) is 0 Å². The second-order valence-corrected chi connectivity index (χ2v) is 3.07. The fourth-order valence-electron chi connectivity index (χ4n) is 1.29. The molecule has 82 valence electrons. The monoisotopic (exact) mass is 219 g/mol. The van der Waals surface area contributed by atoms with E-state index in [-0.39, 0.29) is 5.82 Å². The number of nitro groups is 1. The molecule has 0 atom stereocenters. The number of ether oxygens (including phenoxy) is 1. The fraction of sp³-hybridized carbons (Fsp3) is 0.100. The lowest BCUT2D eigenvalue weighted by Gasteiger charge is -2.00. The SMILES string of the molecule is COc1ccc(-n2ccc([N+](=O)[O-])n2)cc1. The van der Waals surface area contributed by atoms with E-state index in [0.29, 0.717) is 0 Å². The molecular formula is C10H9N3O3. The Kier molecular flexibility index (Phi) is 2.55. The number of hydrogen-bond donors (Lipinski definition) is 0. The van der Waals surface area contributed by atoms with Crippen LogP contribution in [-0.4, -0.2) is 21.8 Å². The van der Waals surface area contributed by atoms with Crippen LogP contribution in [0, 0.1) is 10.1 Å². The van der Waals surface area contributed by atoms with Crippen molar-refractivity contribution in [2.75, 3.05) is 7.11 Å². The quantitative estimate of drug-likeness (QED) is 0.582. The van der Waals surface area contributed by atoms with Crippen molar-refractivity contribution in [1.29, 1.82) is 0 Å². The topological polar surface area (TPSA) is 70.2 Å². The minimum atomic E-state index is -0.528. The molecule has 0 amide bonds. The van der Waals surface area contributed by atoms with Crippen LogP contribution in [-0.2, 0) is 0 Å². The molecule has 0 unspecified atom stereocenters. The van der Waals surface area contributed by atoms with Gasteiger partial charge in [0.1, 0.15) is 5.75 Å². The number of rotatable bonds is 3. The predicted octanol–water partition coefficient (Wildman–Crippen LogP) is 1.79. The minimum Gasteiger partial charge on any atom is -0.497 e. The molecular weight excluding hydrogens is 210 g/mol. The van der Waals surface area contributed by atoms with Crippen LogP contribution in [0.5, 0.6) is 5.75 Å². The van der Waals surface area contributed by atoms with Gasteiger partial charge in [0.05, 0.1) is 30.2 Å². The van der Waals surface area contributed by atoms with Gasteiger partial charge in [0.15, 0.2) is 0 Å². The molecule has 6 nitrogen and oxygen atoms in total. The minimum absolute atomic E-state index is 0.171. The molecule has 0 aliphatic heterocycles. The summed E-state index contributed by atoms with van der Waals surface area (Å²) >= 11 is 0. The molecule has 2 aromatic rings. The molecule has 1 aromatic carbocycles. The highest BCUT2D eigenvalue weighted by Crippen LogP contribution is 2.16. The number of methoxy groups -OCH3 is 1. The zero-order valence-corrected chi connectivity index (χ0v) is 8.53. The number of aromatic nitrogens is 2. The Morgan fingerprint density at radius 3 is 2.50 bits per heavy atom. The van der Waals surface area contributed by atoms with Gasteiger partial charge in [-0.25, -0.2) is 0 Å². The first-order chi connectivity index (χ1) is 7.70. The summed E-state index contributed by atoms with van der Waals surface area (Å²) in [5.41, 5.74) is 0.744. The summed E-state index contributed by atoms with van der Waals surface area (Å²) in [6.45, 7) is 0. The normalized spacial score (nSPS) is 10.1. The Morgan fingerprint density at radius 2 is 2.00 bits per heavy atom. The first-order valence-corrected chi connectivity index (χ1v) is 4.55. The van der Waals surface area contributed by atoms with E-state index in [4.69, 9.17) is 4.74 Å². The van der Waals surface area contributed by atoms with Gasteiger partial charge in [0.25, 0.3) is 0 Å². The first-order valence-electron chi connectivity index (χ1n) is 4.55. The van der Waals surface area contributed by atoms with Gasteiger partial charge in [-0.2, -0.15) is 0 Å². The molecule has 0 aliphatic carbocycles. The highest BCUT2D eigenvalue weighted by molar-refractivity contribution is 5.37. The van der Waals surface area contributed by atoms with Crippen LogP contribution in [0.4, 0.5) is 5.82 Å². The Labute approximate surface area is 91.2 Å². The van der Waals surface area contributed by atoms with Crippen molar-refractivity contribution in [1.82, 2.24) is 9.78 Å². The Morgan fingerprint density at radius 1 is 1.31 bits per heavy atom. The summed E-state index contributed by atoms with van der Waals surface area (Å²) in [5.74, 6) is 0.557. The van der Waals surface area contributed by atoms with Crippen LogP contribution in [0.3, 0.4) is 0 Å². The lowest BCUT2D eigenvalue weighted by molar-refractivity contribution is -0.389. The Balaban J connectivity index is 2.31. The summed E-state index contributed by atoms with van der Waals surface area (Å²) in [6.07, 6.45) is 1.54. The third-order valence-electron chi connectivity index (χ3n) is 2.10.